The highest BCUT2D eigenvalue weighted by atomic mass is 32.1. The molecule has 0 radical (unpaired) electrons. The molecule has 0 saturated heterocycles. The van der Waals surface area contributed by atoms with Gasteiger partial charge in [-0.1, -0.05) is 13.8 Å². The van der Waals surface area contributed by atoms with E-state index >= 15 is 0 Å². The fourth-order valence-electron chi connectivity index (χ4n) is 2.45. The lowest BCUT2D eigenvalue weighted by Gasteiger charge is -2.08. The minimum absolute atomic E-state index is 0.160. The third kappa shape index (κ3) is 5.35. The number of thiazole rings is 1. The van der Waals surface area contributed by atoms with Crippen molar-refractivity contribution in [2.24, 2.45) is 5.92 Å². The van der Waals surface area contributed by atoms with Gasteiger partial charge in [-0.05, 0) is 30.2 Å². The van der Waals surface area contributed by atoms with Crippen LogP contribution in [0.2, 0.25) is 0 Å². The van der Waals surface area contributed by atoms with Crippen LogP contribution in [0, 0.1) is 23.4 Å². The molecular weight excluding hydrogens is 401 g/mol. The van der Waals surface area contributed by atoms with Crippen LogP contribution in [0.4, 0.5) is 13.2 Å². The summed E-state index contributed by atoms with van der Waals surface area (Å²) in [5.74, 6) is -1.78. The number of nitrogens with one attached hydrogen (secondary N) is 1. The van der Waals surface area contributed by atoms with Crippen molar-refractivity contribution in [3.8, 4) is 16.3 Å². The van der Waals surface area contributed by atoms with Gasteiger partial charge in [0.2, 0.25) is 0 Å². The van der Waals surface area contributed by atoms with Crippen LogP contribution in [0.25, 0.3) is 10.6 Å². The molecule has 0 atom stereocenters. The number of halogens is 3. The molecule has 0 spiro atoms. The summed E-state index contributed by atoms with van der Waals surface area (Å²) >= 11 is 1.16. The van der Waals surface area contributed by atoms with Crippen molar-refractivity contribution in [1.82, 2.24) is 10.3 Å². The number of aromatic nitrogens is 1. The highest BCUT2D eigenvalue weighted by molar-refractivity contribution is 7.13. The monoisotopic (exact) mass is 420 g/mol. The van der Waals surface area contributed by atoms with E-state index in [9.17, 15) is 18.0 Å². The van der Waals surface area contributed by atoms with Crippen LogP contribution >= 0.6 is 11.3 Å². The number of rotatable bonds is 7. The molecule has 1 N–H and O–H groups in total. The summed E-state index contributed by atoms with van der Waals surface area (Å²) < 4.78 is 46.5. The Morgan fingerprint density at radius 3 is 2.62 bits per heavy atom. The number of amides is 1. The van der Waals surface area contributed by atoms with E-state index < -0.39 is 17.5 Å². The minimum atomic E-state index is -0.729. The van der Waals surface area contributed by atoms with E-state index in [0.29, 0.717) is 17.5 Å². The lowest BCUT2D eigenvalue weighted by Crippen LogP contribution is -2.27. The van der Waals surface area contributed by atoms with Crippen LogP contribution in [-0.2, 0) is 6.61 Å². The van der Waals surface area contributed by atoms with Gasteiger partial charge in [0.1, 0.15) is 40.5 Å². The predicted molar refractivity (Wildman–Crippen MR) is 105 cm³/mol. The normalized spacial score (nSPS) is 11.0. The van der Waals surface area contributed by atoms with Crippen LogP contribution < -0.4 is 10.1 Å². The molecule has 0 unspecified atom stereocenters. The number of carbonyl (C=O) groups excluding carboxylic acids is 1. The molecule has 0 aliphatic carbocycles. The second-order valence-corrected chi connectivity index (χ2v) is 7.67. The van der Waals surface area contributed by atoms with Crippen molar-refractivity contribution in [2.45, 2.75) is 20.5 Å². The van der Waals surface area contributed by atoms with Gasteiger partial charge in [-0.3, -0.25) is 4.79 Å². The third-order valence-electron chi connectivity index (χ3n) is 3.99. The molecule has 0 fully saturated rings. The summed E-state index contributed by atoms with van der Waals surface area (Å²) in [5, 5.41) is 4.71. The van der Waals surface area contributed by atoms with Crippen molar-refractivity contribution >= 4 is 17.2 Å². The first-order valence-corrected chi connectivity index (χ1v) is 9.82. The maximum Gasteiger partial charge on any atom is 0.270 e. The molecule has 8 heteroatoms. The lowest BCUT2D eigenvalue weighted by atomic mass is 10.2. The molecule has 152 valence electrons. The maximum absolute atomic E-state index is 14.5. The summed E-state index contributed by atoms with van der Waals surface area (Å²) in [4.78, 5) is 16.3. The Kier molecular flexibility index (Phi) is 6.53. The zero-order valence-corrected chi connectivity index (χ0v) is 16.7. The van der Waals surface area contributed by atoms with Gasteiger partial charge in [0, 0.05) is 35.2 Å². The summed E-state index contributed by atoms with van der Waals surface area (Å²) in [5.41, 5.74) is 0.628. The molecule has 0 aliphatic heterocycles. The Balaban J connectivity index is 1.69. The Morgan fingerprint density at radius 1 is 1.14 bits per heavy atom. The molecule has 0 saturated carbocycles. The van der Waals surface area contributed by atoms with Crippen LogP contribution in [0.3, 0.4) is 0 Å². The highest BCUT2D eigenvalue weighted by Gasteiger charge is 2.15. The molecule has 1 aromatic heterocycles. The number of ether oxygens (including phenoxy) is 1. The average Bonchev–Trinajstić information content (AvgIpc) is 3.15. The van der Waals surface area contributed by atoms with Gasteiger partial charge in [-0.25, -0.2) is 18.2 Å². The molecular formula is C21H19F3N2O2S. The van der Waals surface area contributed by atoms with Crippen molar-refractivity contribution in [2.75, 3.05) is 6.54 Å². The smallest absolute Gasteiger partial charge is 0.270 e. The number of hydrogen-bond donors (Lipinski definition) is 1. The third-order valence-corrected chi connectivity index (χ3v) is 4.86. The largest absolute Gasteiger partial charge is 0.489 e. The minimum Gasteiger partial charge on any atom is -0.489 e. The SMILES string of the molecule is CC(C)CNC(=O)c1csc(-c2ccc(OCc3ccc(F)cc3F)cc2F)n1. The Bertz CT molecular complexity index is 1020. The van der Waals surface area contributed by atoms with Crippen LogP contribution in [-0.4, -0.2) is 17.4 Å². The van der Waals surface area contributed by atoms with Gasteiger partial charge in [0.05, 0.1) is 0 Å². The number of nitrogens with zero attached hydrogens (tertiary/aromatic N) is 1. The van der Waals surface area contributed by atoms with Crippen molar-refractivity contribution in [3.63, 3.8) is 0 Å². The first kappa shape index (κ1) is 20.9. The van der Waals surface area contributed by atoms with Gasteiger partial charge < -0.3 is 10.1 Å². The summed E-state index contributed by atoms with van der Waals surface area (Å²) in [6.45, 7) is 4.33. The fourth-order valence-corrected chi connectivity index (χ4v) is 3.27. The molecule has 4 nitrogen and oxygen atoms in total. The van der Waals surface area contributed by atoms with Gasteiger partial charge in [-0.2, -0.15) is 0 Å². The molecule has 3 aromatic rings. The second kappa shape index (κ2) is 9.09. The number of carbonyl (C=O) groups is 1. The van der Waals surface area contributed by atoms with E-state index in [0.717, 1.165) is 29.5 Å². The van der Waals surface area contributed by atoms with E-state index in [2.05, 4.69) is 10.3 Å². The van der Waals surface area contributed by atoms with E-state index in [1.165, 1.54) is 18.2 Å². The fraction of sp³-hybridized carbons (Fsp3) is 0.238. The lowest BCUT2D eigenvalue weighted by molar-refractivity contribution is 0.0945. The Morgan fingerprint density at radius 2 is 1.93 bits per heavy atom. The zero-order chi connectivity index (χ0) is 21.0. The number of benzene rings is 2. The van der Waals surface area contributed by atoms with Gasteiger partial charge in [0.25, 0.3) is 5.91 Å². The Labute approximate surface area is 170 Å². The molecule has 1 amide bonds. The molecule has 3 rings (SSSR count). The van der Waals surface area contributed by atoms with Gasteiger partial charge >= 0.3 is 0 Å². The van der Waals surface area contributed by atoms with Crippen LogP contribution in [0.1, 0.15) is 29.9 Å². The summed E-state index contributed by atoms with van der Waals surface area (Å²) in [7, 11) is 0. The van der Waals surface area contributed by atoms with Crippen LogP contribution in [0.5, 0.6) is 5.75 Å². The van der Waals surface area contributed by atoms with E-state index in [1.807, 2.05) is 13.8 Å². The van der Waals surface area contributed by atoms with Gasteiger partial charge in [-0.15, -0.1) is 11.3 Å². The average molecular weight is 420 g/mol. The topological polar surface area (TPSA) is 51.2 Å². The predicted octanol–water partition coefficient (Wildman–Crippen LogP) is 5.19. The summed E-state index contributed by atoms with van der Waals surface area (Å²) in [6, 6.07) is 7.34. The van der Waals surface area contributed by atoms with Crippen molar-refractivity contribution in [1.29, 1.82) is 0 Å². The highest BCUT2D eigenvalue weighted by Crippen LogP contribution is 2.29. The summed E-state index contributed by atoms with van der Waals surface area (Å²) in [6.07, 6.45) is 0. The molecule has 1 heterocycles. The zero-order valence-electron chi connectivity index (χ0n) is 15.8. The first-order chi connectivity index (χ1) is 13.8. The second-order valence-electron chi connectivity index (χ2n) is 6.81. The molecule has 29 heavy (non-hydrogen) atoms. The van der Waals surface area contributed by atoms with E-state index in [1.54, 1.807) is 5.38 Å². The van der Waals surface area contributed by atoms with E-state index in [4.69, 9.17) is 4.74 Å². The molecule has 2 aromatic carbocycles. The molecule has 0 bridgehead atoms. The number of hydrogen-bond acceptors (Lipinski definition) is 4. The van der Waals surface area contributed by atoms with E-state index in [-0.39, 0.29) is 35.1 Å². The van der Waals surface area contributed by atoms with Crippen molar-refractivity contribution < 1.29 is 22.7 Å². The standard InChI is InChI=1S/C21H19F3N2O2S/c1-12(2)9-25-20(27)19-11-29-21(26-19)16-6-5-15(8-18(16)24)28-10-13-3-4-14(22)7-17(13)23/h3-8,11-12H,9-10H2,1-2H3,(H,25,27). The van der Waals surface area contributed by atoms with Crippen LogP contribution in [0.15, 0.2) is 41.8 Å². The van der Waals surface area contributed by atoms with Crippen molar-refractivity contribution in [3.05, 3.63) is 70.5 Å². The van der Waals surface area contributed by atoms with Gasteiger partial charge in [0.15, 0.2) is 0 Å². The Hall–Kier alpha value is -2.87. The first-order valence-electron chi connectivity index (χ1n) is 8.94. The maximum atomic E-state index is 14.5. The quantitative estimate of drug-likeness (QED) is 0.572. The molecule has 0 aliphatic rings.